The zero-order chi connectivity index (χ0) is 16.1. The molecule has 21 heavy (non-hydrogen) atoms. The second-order valence-electron chi connectivity index (χ2n) is 5.37. The van der Waals surface area contributed by atoms with E-state index >= 15 is 0 Å². The smallest absolute Gasteiger partial charge is 0.416 e. The standard InChI is InChI=1S/C16H17F3O2/c1-15(2,3)21-14(20)11-13(16(17,18)19)10-9-12-7-5-4-6-8-12/h4-11H,1-3H3/b10-9+,13-11-. The Hall–Kier alpha value is -2.04. The molecule has 114 valence electrons. The average Bonchev–Trinajstić information content (AvgIpc) is 2.32. The van der Waals surface area contributed by atoms with Crippen LogP contribution in [-0.4, -0.2) is 17.7 Å². The summed E-state index contributed by atoms with van der Waals surface area (Å²) >= 11 is 0. The molecule has 1 rings (SSSR count). The first-order valence-electron chi connectivity index (χ1n) is 6.33. The maximum absolute atomic E-state index is 12.9. The molecule has 0 saturated heterocycles. The highest BCUT2D eigenvalue weighted by molar-refractivity contribution is 5.84. The maximum atomic E-state index is 12.9. The fraction of sp³-hybridized carbons (Fsp3) is 0.312. The largest absolute Gasteiger partial charge is 0.457 e. The van der Waals surface area contributed by atoms with E-state index in [0.29, 0.717) is 11.6 Å². The quantitative estimate of drug-likeness (QED) is 0.465. The second-order valence-corrected chi connectivity index (χ2v) is 5.37. The van der Waals surface area contributed by atoms with E-state index in [1.165, 1.54) is 6.08 Å². The molecule has 2 nitrogen and oxygen atoms in total. The number of esters is 1. The van der Waals surface area contributed by atoms with Crippen LogP contribution in [0.1, 0.15) is 26.3 Å². The maximum Gasteiger partial charge on any atom is 0.416 e. The van der Waals surface area contributed by atoms with E-state index in [2.05, 4.69) is 0 Å². The van der Waals surface area contributed by atoms with Crippen molar-refractivity contribution in [3.8, 4) is 0 Å². The number of benzene rings is 1. The zero-order valence-electron chi connectivity index (χ0n) is 12.1. The Kier molecular flexibility index (Phi) is 5.35. The van der Waals surface area contributed by atoms with Gasteiger partial charge in [-0.05, 0) is 32.4 Å². The first-order valence-corrected chi connectivity index (χ1v) is 6.33. The summed E-state index contributed by atoms with van der Waals surface area (Å²) in [5.41, 5.74) is -1.29. The topological polar surface area (TPSA) is 26.3 Å². The fourth-order valence-electron chi connectivity index (χ4n) is 1.43. The summed E-state index contributed by atoms with van der Waals surface area (Å²) in [4.78, 5) is 11.5. The predicted octanol–water partition coefficient (Wildman–Crippen LogP) is 4.53. The van der Waals surface area contributed by atoms with Crippen LogP contribution in [0.15, 0.2) is 48.1 Å². The molecule has 1 aromatic rings. The van der Waals surface area contributed by atoms with Crippen LogP contribution >= 0.6 is 0 Å². The highest BCUT2D eigenvalue weighted by atomic mass is 19.4. The van der Waals surface area contributed by atoms with Gasteiger partial charge in [-0.1, -0.05) is 36.4 Å². The lowest BCUT2D eigenvalue weighted by atomic mass is 10.1. The van der Waals surface area contributed by atoms with E-state index in [1.807, 2.05) is 0 Å². The Morgan fingerprint density at radius 1 is 1.10 bits per heavy atom. The molecule has 0 saturated carbocycles. The highest BCUT2D eigenvalue weighted by Crippen LogP contribution is 2.27. The summed E-state index contributed by atoms with van der Waals surface area (Å²) in [6.07, 6.45) is -2.00. The predicted molar refractivity (Wildman–Crippen MR) is 75.5 cm³/mol. The summed E-state index contributed by atoms with van der Waals surface area (Å²) in [6.45, 7) is 4.77. The van der Waals surface area contributed by atoms with Gasteiger partial charge < -0.3 is 4.74 Å². The van der Waals surface area contributed by atoms with Crippen LogP contribution in [0.4, 0.5) is 13.2 Å². The molecule has 0 spiro atoms. The molecule has 0 atom stereocenters. The van der Waals surface area contributed by atoms with Crippen molar-refractivity contribution in [3.05, 3.63) is 53.6 Å². The summed E-state index contributed by atoms with van der Waals surface area (Å²) in [6, 6.07) is 8.52. The lowest BCUT2D eigenvalue weighted by Gasteiger charge is -2.18. The molecule has 0 N–H and O–H groups in total. The highest BCUT2D eigenvalue weighted by Gasteiger charge is 2.33. The first kappa shape index (κ1) is 17.0. The summed E-state index contributed by atoms with van der Waals surface area (Å²) in [5.74, 6) is -1.02. The normalized spacial score (nSPS) is 13.5. The van der Waals surface area contributed by atoms with E-state index in [-0.39, 0.29) is 0 Å². The SMILES string of the molecule is CC(C)(C)OC(=O)/C=C(/C=C/c1ccccc1)C(F)(F)F. The second kappa shape index (κ2) is 6.61. The van der Waals surface area contributed by atoms with Crippen molar-refractivity contribution in [1.29, 1.82) is 0 Å². The zero-order valence-corrected chi connectivity index (χ0v) is 12.1. The van der Waals surface area contributed by atoms with Gasteiger partial charge in [0.25, 0.3) is 0 Å². The van der Waals surface area contributed by atoms with E-state index in [9.17, 15) is 18.0 Å². The average molecular weight is 298 g/mol. The summed E-state index contributed by atoms with van der Waals surface area (Å²) in [5, 5.41) is 0. The van der Waals surface area contributed by atoms with Crippen LogP contribution in [0.5, 0.6) is 0 Å². The van der Waals surface area contributed by atoms with Crippen LogP contribution in [0.3, 0.4) is 0 Å². The fourth-order valence-corrected chi connectivity index (χ4v) is 1.43. The number of carbonyl (C=O) groups excluding carboxylic acids is 1. The minimum absolute atomic E-state index is 0.463. The van der Waals surface area contributed by atoms with E-state index < -0.39 is 23.3 Å². The minimum atomic E-state index is -4.62. The van der Waals surface area contributed by atoms with E-state index in [1.54, 1.807) is 51.1 Å². The van der Waals surface area contributed by atoms with Crippen molar-refractivity contribution in [2.75, 3.05) is 0 Å². The van der Waals surface area contributed by atoms with Crippen molar-refractivity contribution in [1.82, 2.24) is 0 Å². The Labute approximate surface area is 121 Å². The van der Waals surface area contributed by atoms with E-state index in [4.69, 9.17) is 4.74 Å². The Balaban J connectivity index is 2.97. The molecule has 1 aromatic carbocycles. The molecule has 0 aliphatic rings. The molecule has 5 heteroatoms. The number of hydrogen-bond acceptors (Lipinski definition) is 2. The molecule has 0 fully saturated rings. The third-order valence-electron chi connectivity index (χ3n) is 2.26. The molecule has 0 aromatic heterocycles. The molecule has 0 bridgehead atoms. The van der Waals surface area contributed by atoms with Crippen molar-refractivity contribution in [2.45, 2.75) is 32.5 Å². The third-order valence-corrected chi connectivity index (χ3v) is 2.26. The van der Waals surface area contributed by atoms with Gasteiger partial charge >= 0.3 is 12.1 Å². The Morgan fingerprint density at radius 3 is 2.14 bits per heavy atom. The minimum Gasteiger partial charge on any atom is -0.457 e. The van der Waals surface area contributed by atoms with Crippen molar-refractivity contribution in [3.63, 3.8) is 0 Å². The lowest BCUT2D eigenvalue weighted by molar-refractivity contribution is -0.149. The molecular weight excluding hydrogens is 281 g/mol. The van der Waals surface area contributed by atoms with Gasteiger partial charge in [-0.3, -0.25) is 0 Å². The lowest BCUT2D eigenvalue weighted by Crippen LogP contribution is -2.23. The molecule has 0 unspecified atom stereocenters. The van der Waals surface area contributed by atoms with Crippen LogP contribution in [0.2, 0.25) is 0 Å². The van der Waals surface area contributed by atoms with Gasteiger partial charge in [-0.25, -0.2) is 4.79 Å². The number of hydrogen-bond donors (Lipinski definition) is 0. The molecule has 0 aliphatic heterocycles. The van der Waals surface area contributed by atoms with Gasteiger partial charge in [0.1, 0.15) is 5.60 Å². The monoisotopic (exact) mass is 298 g/mol. The molecule has 0 radical (unpaired) electrons. The van der Waals surface area contributed by atoms with Crippen LogP contribution in [0.25, 0.3) is 6.08 Å². The molecule has 0 amide bonds. The Morgan fingerprint density at radius 2 is 1.67 bits per heavy atom. The number of carbonyl (C=O) groups is 1. The summed E-state index contributed by atoms with van der Waals surface area (Å²) < 4.78 is 43.5. The van der Waals surface area contributed by atoms with Gasteiger partial charge in [0.05, 0.1) is 5.57 Å². The Bertz CT molecular complexity index is 535. The number of ether oxygens (including phenoxy) is 1. The first-order chi connectivity index (χ1) is 9.58. The third kappa shape index (κ3) is 6.79. The summed E-state index contributed by atoms with van der Waals surface area (Å²) in [7, 11) is 0. The van der Waals surface area contributed by atoms with E-state index in [0.717, 1.165) is 6.08 Å². The van der Waals surface area contributed by atoms with Crippen molar-refractivity contribution < 1.29 is 22.7 Å². The van der Waals surface area contributed by atoms with Gasteiger partial charge in [-0.15, -0.1) is 0 Å². The van der Waals surface area contributed by atoms with Crippen LogP contribution < -0.4 is 0 Å². The number of alkyl halides is 3. The van der Waals surface area contributed by atoms with Gasteiger partial charge in [-0.2, -0.15) is 13.2 Å². The van der Waals surface area contributed by atoms with Gasteiger partial charge in [0.2, 0.25) is 0 Å². The molecule has 0 heterocycles. The number of allylic oxidation sites excluding steroid dienone is 2. The molecular formula is C16H17F3O2. The molecule has 0 aliphatic carbocycles. The van der Waals surface area contributed by atoms with Gasteiger partial charge in [0, 0.05) is 6.08 Å². The van der Waals surface area contributed by atoms with Crippen LogP contribution in [-0.2, 0) is 9.53 Å². The number of rotatable bonds is 3. The van der Waals surface area contributed by atoms with Crippen molar-refractivity contribution >= 4 is 12.0 Å². The van der Waals surface area contributed by atoms with Gasteiger partial charge in [0.15, 0.2) is 0 Å². The van der Waals surface area contributed by atoms with Crippen LogP contribution in [0, 0.1) is 0 Å². The number of halogens is 3. The van der Waals surface area contributed by atoms with Crippen molar-refractivity contribution in [2.24, 2.45) is 0 Å².